The summed E-state index contributed by atoms with van der Waals surface area (Å²) in [5.74, 6) is 1.46. The summed E-state index contributed by atoms with van der Waals surface area (Å²) in [7, 11) is 1.68. The summed E-state index contributed by atoms with van der Waals surface area (Å²) in [4.78, 5) is 18.7. The summed E-state index contributed by atoms with van der Waals surface area (Å²) >= 11 is 0. The summed E-state index contributed by atoms with van der Waals surface area (Å²) in [6.07, 6.45) is 7.43. The highest BCUT2D eigenvalue weighted by atomic mass is 16.5. The number of methoxy groups -OCH3 is 1. The molecule has 2 aromatic carbocycles. The minimum atomic E-state index is 0.0761. The number of carbonyl (C=O) groups is 1. The largest absolute Gasteiger partial charge is 0.497 e. The van der Waals surface area contributed by atoms with E-state index in [1.54, 1.807) is 14.0 Å². The van der Waals surface area contributed by atoms with Crippen LogP contribution in [0.15, 0.2) is 72.9 Å². The maximum atomic E-state index is 11.7. The zero-order valence-electron chi connectivity index (χ0n) is 18.1. The van der Waals surface area contributed by atoms with Crippen LogP contribution in [0, 0.1) is 0 Å². The van der Waals surface area contributed by atoms with Crippen LogP contribution in [0.2, 0.25) is 0 Å². The number of aromatic nitrogens is 1. The Bertz CT molecular complexity index is 1070. The van der Waals surface area contributed by atoms with E-state index in [1.807, 2.05) is 42.6 Å². The fourth-order valence-electron chi connectivity index (χ4n) is 4.08. The Morgan fingerprint density at radius 1 is 1.16 bits per heavy atom. The molecular formula is C27H28N2O2. The maximum Gasteiger partial charge on any atom is 0.159 e. The highest BCUT2D eigenvalue weighted by Crippen LogP contribution is 2.29. The maximum absolute atomic E-state index is 11.7. The first kappa shape index (κ1) is 21.0. The van der Waals surface area contributed by atoms with Crippen molar-refractivity contribution in [2.45, 2.75) is 19.3 Å². The number of carbonyl (C=O) groups excluding carboxylic acids is 1. The SMILES string of the molecule is COc1ccc(/C=C/CN2CCC(c3ccnc(-c4cccc(C(C)=O)c4)c3)C2)cc1. The number of benzene rings is 2. The molecule has 1 fully saturated rings. The third-order valence-corrected chi connectivity index (χ3v) is 5.88. The quantitative estimate of drug-likeness (QED) is 0.483. The first-order chi connectivity index (χ1) is 15.1. The van der Waals surface area contributed by atoms with Crippen molar-refractivity contribution in [1.29, 1.82) is 0 Å². The third-order valence-electron chi connectivity index (χ3n) is 5.88. The van der Waals surface area contributed by atoms with E-state index in [9.17, 15) is 4.79 Å². The highest BCUT2D eigenvalue weighted by Gasteiger charge is 2.23. The molecule has 0 aliphatic carbocycles. The molecule has 3 aromatic rings. The van der Waals surface area contributed by atoms with Gasteiger partial charge in [0.1, 0.15) is 5.75 Å². The van der Waals surface area contributed by atoms with Gasteiger partial charge in [0.2, 0.25) is 0 Å². The van der Waals surface area contributed by atoms with Gasteiger partial charge in [0.05, 0.1) is 12.8 Å². The van der Waals surface area contributed by atoms with E-state index in [0.717, 1.165) is 48.6 Å². The van der Waals surface area contributed by atoms with Gasteiger partial charge in [-0.25, -0.2) is 0 Å². The van der Waals surface area contributed by atoms with Gasteiger partial charge in [0.25, 0.3) is 0 Å². The van der Waals surface area contributed by atoms with Crippen molar-refractivity contribution in [3.63, 3.8) is 0 Å². The van der Waals surface area contributed by atoms with E-state index in [4.69, 9.17) is 4.74 Å². The zero-order chi connectivity index (χ0) is 21.6. The predicted molar refractivity (Wildman–Crippen MR) is 126 cm³/mol. The molecule has 0 bridgehead atoms. The first-order valence-corrected chi connectivity index (χ1v) is 10.7. The average molecular weight is 413 g/mol. The van der Waals surface area contributed by atoms with Crippen LogP contribution in [0.25, 0.3) is 17.3 Å². The molecule has 4 rings (SSSR count). The number of rotatable bonds is 7. The molecule has 0 N–H and O–H groups in total. The molecule has 0 amide bonds. The Labute approximate surface area is 184 Å². The van der Waals surface area contributed by atoms with Gasteiger partial charge in [0, 0.05) is 30.4 Å². The van der Waals surface area contributed by atoms with Crippen molar-refractivity contribution in [2.24, 2.45) is 0 Å². The molecule has 158 valence electrons. The van der Waals surface area contributed by atoms with Crippen LogP contribution in [0.1, 0.15) is 40.7 Å². The van der Waals surface area contributed by atoms with Crippen molar-refractivity contribution in [3.8, 4) is 17.0 Å². The smallest absolute Gasteiger partial charge is 0.159 e. The fraction of sp³-hybridized carbons (Fsp3) is 0.259. The summed E-state index contributed by atoms with van der Waals surface area (Å²) < 4.78 is 5.21. The van der Waals surface area contributed by atoms with Gasteiger partial charge in [-0.05, 0) is 67.3 Å². The monoisotopic (exact) mass is 412 g/mol. The molecular weight excluding hydrogens is 384 g/mol. The van der Waals surface area contributed by atoms with Crippen molar-refractivity contribution >= 4 is 11.9 Å². The Hall–Kier alpha value is -3.24. The zero-order valence-corrected chi connectivity index (χ0v) is 18.1. The number of Topliss-reactive ketones (excluding diaryl/α,β-unsaturated/α-hetero) is 1. The molecule has 0 radical (unpaired) electrons. The van der Waals surface area contributed by atoms with Crippen molar-refractivity contribution in [2.75, 3.05) is 26.7 Å². The van der Waals surface area contributed by atoms with Crippen molar-refractivity contribution in [3.05, 3.63) is 89.6 Å². The molecule has 4 heteroatoms. The van der Waals surface area contributed by atoms with Gasteiger partial charge in [-0.1, -0.05) is 42.5 Å². The average Bonchev–Trinajstić information content (AvgIpc) is 3.29. The van der Waals surface area contributed by atoms with Gasteiger partial charge < -0.3 is 4.74 Å². The number of ether oxygens (including phenoxy) is 1. The van der Waals surface area contributed by atoms with E-state index in [-0.39, 0.29) is 5.78 Å². The Morgan fingerprint density at radius 2 is 2.00 bits per heavy atom. The van der Waals surface area contributed by atoms with Crippen LogP contribution in [0.3, 0.4) is 0 Å². The number of hydrogen-bond acceptors (Lipinski definition) is 4. The Kier molecular flexibility index (Phi) is 6.58. The molecule has 4 nitrogen and oxygen atoms in total. The molecule has 31 heavy (non-hydrogen) atoms. The van der Waals surface area contributed by atoms with Crippen LogP contribution in [0.5, 0.6) is 5.75 Å². The summed E-state index contributed by atoms with van der Waals surface area (Å²) in [5.41, 5.74) is 5.15. The molecule has 1 atom stereocenters. The van der Waals surface area contributed by atoms with Gasteiger partial charge >= 0.3 is 0 Å². The normalized spacial score (nSPS) is 16.6. The minimum Gasteiger partial charge on any atom is -0.497 e. The standard InChI is InChI=1S/C27H28N2O2/c1-20(30)22-6-3-7-24(17-22)27-18-23(12-14-28-27)25-13-16-29(19-25)15-4-5-21-8-10-26(31-2)11-9-21/h3-12,14,17-18,25H,13,15-16,19H2,1-2H3/b5-4+. The summed E-state index contributed by atoms with van der Waals surface area (Å²) in [6.45, 7) is 4.68. The number of pyridine rings is 1. The Morgan fingerprint density at radius 3 is 2.77 bits per heavy atom. The lowest BCUT2D eigenvalue weighted by atomic mass is 9.97. The van der Waals surface area contributed by atoms with Crippen LogP contribution in [-0.4, -0.2) is 42.4 Å². The molecule has 1 aromatic heterocycles. The second-order valence-electron chi connectivity index (χ2n) is 8.03. The lowest BCUT2D eigenvalue weighted by molar-refractivity contribution is 0.101. The van der Waals surface area contributed by atoms with Crippen LogP contribution < -0.4 is 4.74 Å². The van der Waals surface area contributed by atoms with E-state index < -0.39 is 0 Å². The van der Waals surface area contributed by atoms with Crippen LogP contribution >= 0.6 is 0 Å². The van der Waals surface area contributed by atoms with E-state index >= 15 is 0 Å². The number of ketones is 1. The lowest BCUT2D eigenvalue weighted by Gasteiger charge is -2.14. The molecule has 1 saturated heterocycles. The minimum absolute atomic E-state index is 0.0761. The lowest BCUT2D eigenvalue weighted by Crippen LogP contribution is -2.20. The van der Waals surface area contributed by atoms with Gasteiger partial charge in [-0.15, -0.1) is 0 Å². The van der Waals surface area contributed by atoms with Gasteiger partial charge in [-0.2, -0.15) is 0 Å². The number of likely N-dealkylation sites (tertiary alicyclic amines) is 1. The van der Waals surface area contributed by atoms with Crippen molar-refractivity contribution in [1.82, 2.24) is 9.88 Å². The molecule has 1 unspecified atom stereocenters. The first-order valence-electron chi connectivity index (χ1n) is 10.7. The van der Waals surface area contributed by atoms with E-state index in [0.29, 0.717) is 5.92 Å². The van der Waals surface area contributed by atoms with E-state index in [2.05, 4.69) is 46.3 Å². The highest BCUT2D eigenvalue weighted by molar-refractivity contribution is 5.95. The second-order valence-corrected chi connectivity index (χ2v) is 8.03. The number of nitrogens with zero attached hydrogens (tertiary/aromatic N) is 2. The molecule has 0 saturated carbocycles. The predicted octanol–water partition coefficient (Wildman–Crippen LogP) is 5.46. The topological polar surface area (TPSA) is 42.4 Å². The molecule has 1 aliphatic heterocycles. The van der Waals surface area contributed by atoms with Crippen LogP contribution in [0.4, 0.5) is 0 Å². The fourth-order valence-corrected chi connectivity index (χ4v) is 4.08. The van der Waals surface area contributed by atoms with Crippen LogP contribution in [-0.2, 0) is 0 Å². The summed E-state index contributed by atoms with van der Waals surface area (Å²) in [5, 5.41) is 0. The second kappa shape index (κ2) is 9.71. The molecule has 0 spiro atoms. The third kappa shape index (κ3) is 5.28. The summed E-state index contributed by atoms with van der Waals surface area (Å²) in [6, 6.07) is 20.1. The van der Waals surface area contributed by atoms with E-state index in [1.165, 1.54) is 11.1 Å². The molecule has 2 heterocycles. The van der Waals surface area contributed by atoms with Gasteiger partial charge in [-0.3, -0.25) is 14.7 Å². The van der Waals surface area contributed by atoms with Gasteiger partial charge in [0.15, 0.2) is 5.78 Å². The number of hydrogen-bond donors (Lipinski definition) is 0. The van der Waals surface area contributed by atoms with Crippen molar-refractivity contribution < 1.29 is 9.53 Å². The molecule has 1 aliphatic rings. The Balaban J connectivity index is 1.39.